The summed E-state index contributed by atoms with van der Waals surface area (Å²) in [6.07, 6.45) is 1.29. The number of rotatable bonds is 8. The molecule has 2 nitrogen and oxygen atoms in total. The normalized spacial score (nSPS) is 13.9. The first-order chi connectivity index (χ1) is 6.60. The summed E-state index contributed by atoms with van der Waals surface area (Å²) in [5.41, 5.74) is 0. The Bertz CT molecular complexity index is 123. The molecule has 0 aromatic carbocycles. The summed E-state index contributed by atoms with van der Waals surface area (Å²) in [5.74, 6) is 0.828. The highest BCUT2D eigenvalue weighted by Gasteiger charge is 2.06. The van der Waals surface area contributed by atoms with E-state index in [9.17, 15) is 0 Å². The Hall–Kier alpha value is -0.0800. The molecule has 0 saturated carbocycles. The molecular weight excluding hydrogens is 172 g/mol. The summed E-state index contributed by atoms with van der Waals surface area (Å²) >= 11 is 0. The van der Waals surface area contributed by atoms with Crippen LogP contribution in [0.1, 0.15) is 41.0 Å². The second-order valence-corrected chi connectivity index (χ2v) is 4.52. The summed E-state index contributed by atoms with van der Waals surface area (Å²) < 4.78 is 0. The van der Waals surface area contributed by atoms with E-state index in [4.69, 9.17) is 0 Å². The average Bonchev–Trinajstić information content (AvgIpc) is 2.15. The molecule has 0 bridgehead atoms. The Morgan fingerprint density at radius 2 is 1.79 bits per heavy atom. The van der Waals surface area contributed by atoms with Crippen molar-refractivity contribution in [3.63, 3.8) is 0 Å². The lowest BCUT2D eigenvalue weighted by Gasteiger charge is -2.24. The maximum atomic E-state index is 3.46. The Labute approximate surface area is 90.1 Å². The quantitative estimate of drug-likeness (QED) is 0.647. The van der Waals surface area contributed by atoms with Crippen LogP contribution < -0.4 is 5.32 Å². The van der Waals surface area contributed by atoms with Crippen LogP contribution in [0.2, 0.25) is 0 Å². The van der Waals surface area contributed by atoms with E-state index in [0.717, 1.165) is 12.5 Å². The van der Waals surface area contributed by atoms with Gasteiger partial charge in [0, 0.05) is 25.7 Å². The van der Waals surface area contributed by atoms with Crippen LogP contribution in [-0.4, -0.2) is 37.1 Å². The second-order valence-electron chi connectivity index (χ2n) is 4.52. The molecule has 0 heterocycles. The van der Waals surface area contributed by atoms with Gasteiger partial charge in [-0.15, -0.1) is 0 Å². The monoisotopic (exact) mass is 200 g/mol. The number of likely N-dealkylation sites (N-methyl/N-ethyl adjacent to an activating group) is 1. The van der Waals surface area contributed by atoms with Gasteiger partial charge in [-0.2, -0.15) is 0 Å². The number of nitrogens with zero attached hydrogens (tertiary/aromatic N) is 1. The van der Waals surface area contributed by atoms with Crippen LogP contribution in [0.25, 0.3) is 0 Å². The fourth-order valence-corrected chi connectivity index (χ4v) is 1.46. The largest absolute Gasteiger partial charge is 0.313 e. The lowest BCUT2D eigenvalue weighted by Crippen LogP contribution is -2.36. The van der Waals surface area contributed by atoms with Gasteiger partial charge in [-0.3, -0.25) is 0 Å². The van der Waals surface area contributed by atoms with E-state index >= 15 is 0 Å². The minimum absolute atomic E-state index is 0.609. The molecule has 0 aromatic rings. The molecule has 0 aromatic heterocycles. The predicted molar refractivity (Wildman–Crippen MR) is 64.7 cm³/mol. The Morgan fingerprint density at radius 1 is 1.14 bits per heavy atom. The van der Waals surface area contributed by atoms with Crippen LogP contribution in [0.4, 0.5) is 0 Å². The highest BCUT2D eigenvalue weighted by atomic mass is 15.1. The Kier molecular flexibility index (Phi) is 8.20. The third kappa shape index (κ3) is 7.34. The molecule has 1 unspecified atom stereocenters. The highest BCUT2D eigenvalue weighted by molar-refractivity contribution is 4.63. The predicted octanol–water partition coefficient (Wildman–Crippen LogP) is 2.35. The van der Waals surface area contributed by atoms with Crippen molar-refractivity contribution in [1.29, 1.82) is 0 Å². The molecule has 0 saturated heterocycles. The zero-order valence-electron chi connectivity index (χ0n) is 10.6. The van der Waals surface area contributed by atoms with Crippen LogP contribution in [0.5, 0.6) is 0 Å². The van der Waals surface area contributed by atoms with Gasteiger partial charge >= 0.3 is 0 Å². The van der Waals surface area contributed by atoms with Crippen LogP contribution in [0, 0.1) is 5.92 Å². The lowest BCUT2D eigenvalue weighted by atomic mass is 10.1. The first-order valence-electron chi connectivity index (χ1n) is 6.05. The standard InChI is InChI=1S/C12H28N2/c1-6-12(5)10-14(7-2)9-8-13-11(3)4/h11-13H,6-10H2,1-5H3. The summed E-state index contributed by atoms with van der Waals surface area (Å²) in [7, 11) is 0. The maximum absolute atomic E-state index is 3.46. The van der Waals surface area contributed by atoms with Gasteiger partial charge in [0.25, 0.3) is 0 Å². The van der Waals surface area contributed by atoms with E-state index in [0.29, 0.717) is 6.04 Å². The fraction of sp³-hybridized carbons (Fsp3) is 1.00. The van der Waals surface area contributed by atoms with Gasteiger partial charge in [0.1, 0.15) is 0 Å². The molecule has 0 amide bonds. The molecule has 0 rings (SSSR count). The van der Waals surface area contributed by atoms with Gasteiger partial charge in [0.15, 0.2) is 0 Å². The van der Waals surface area contributed by atoms with Crippen molar-refractivity contribution >= 4 is 0 Å². The molecule has 0 radical (unpaired) electrons. The summed E-state index contributed by atoms with van der Waals surface area (Å²) in [4.78, 5) is 2.53. The first kappa shape index (κ1) is 13.9. The molecule has 0 fully saturated rings. The van der Waals surface area contributed by atoms with Gasteiger partial charge in [0.2, 0.25) is 0 Å². The topological polar surface area (TPSA) is 15.3 Å². The van der Waals surface area contributed by atoms with Gasteiger partial charge in [-0.05, 0) is 12.5 Å². The van der Waals surface area contributed by atoms with E-state index in [1.165, 1.54) is 26.1 Å². The molecule has 14 heavy (non-hydrogen) atoms. The third-order valence-electron chi connectivity index (χ3n) is 2.69. The highest BCUT2D eigenvalue weighted by Crippen LogP contribution is 2.03. The van der Waals surface area contributed by atoms with Crippen molar-refractivity contribution in [2.45, 2.75) is 47.1 Å². The van der Waals surface area contributed by atoms with Crippen molar-refractivity contribution < 1.29 is 0 Å². The third-order valence-corrected chi connectivity index (χ3v) is 2.69. The molecule has 86 valence electrons. The molecule has 0 spiro atoms. The lowest BCUT2D eigenvalue weighted by molar-refractivity contribution is 0.244. The number of hydrogen-bond donors (Lipinski definition) is 1. The zero-order valence-corrected chi connectivity index (χ0v) is 10.6. The molecular formula is C12H28N2. The molecule has 1 atom stereocenters. The van der Waals surface area contributed by atoms with Crippen molar-refractivity contribution in [1.82, 2.24) is 10.2 Å². The maximum Gasteiger partial charge on any atom is 0.0107 e. The number of hydrogen-bond acceptors (Lipinski definition) is 2. The molecule has 0 aliphatic heterocycles. The van der Waals surface area contributed by atoms with Crippen molar-refractivity contribution in [2.75, 3.05) is 26.2 Å². The van der Waals surface area contributed by atoms with Crippen LogP contribution in [0.3, 0.4) is 0 Å². The summed E-state index contributed by atoms with van der Waals surface area (Å²) in [5, 5.41) is 3.46. The molecule has 2 heteroatoms. The van der Waals surface area contributed by atoms with Gasteiger partial charge < -0.3 is 10.2 Å². The van der Waals surface area contributed by atoms with Crippen LogP contribution in [-0.2, 0) is 0 Å². The minimum Gasteiger partial charge on any atom is -0.313 e. The van der Waals surface area contributed by atoms with E-state index in [2.05, 4.69) is 44.8 Å². The second kappa shape index (κ2) is 8.25. The van der Waals surface area contributed by atoms with Gasteiger partial charge in [-0.1, -0.05) is 41.0 Å². The van der Waals surface area contributed by atoms with E-state index in [-0.39, 0.29) is 0 Å². The minimum atomic E-state index is 0.609. The van der Waals surface area contributed by atoms with Crippen LogP contribution in [0.15, 0.2) is 0 Å². The first-order valence-corrected chi connectivity index (χ1v) is 6.05. The number of nitrogens with one attached hydrogen (secondary N) is 1. The zero-order chi connectivity index (χ0) is 11.0. The molecule has 0 aliphatic rings. The summed E-state index contributed by atoms with van der Waals surface area (Å²) in [6.45, 7) is 16.0. The van der Waals surface area contributed by atoms with Crippen molar-refractivity contribution in [2.24, 2.45) is 5.92 Å². The average molecular weight is 200 g/mol. The fourth-order valence-electron chi connectivity index (χ4n) is 1.46. The molecule has 1 N–H and O–H groups in total. The van der Waals surface area contributed by atoms with E-state index < -0.39 is 0 Å². The van der Waals surface area contributed by atoms with Crippen LogP contribution >= 0.6 is 0 Å². The molecule has 0 aliphatic carbocycles. The van der Waals surface area contributed by atoms with E-state index in [1.807, 2.05) is 0 Å². The van der Waals surface area contributed by atoms with Gasteiger partial charge in [-0.25, -0.2) is 0 Å². The van der Waals surface area contributed by atoms with Crippen molar-refractivity contribution in [3.05, 3.63) is 0 Å². The summed E-state index contributed by atoms with van der Waals surface area (Å²) in [6, 6.07) is 0.609. The Balaban J connectivity index is 3.57. The Morgan fingerprint density at radius 3 is 2.21 bits per heavy atom. The van der Waals surface area contributed by atoms with Gasteiger partial charge in [0.05, 0.1) is 0 Å². The smallest absolute Gasteiger partial charge is 0.0107 e. The van der Waals surface area contributed by atoms with Crippen molar-refractivity contribution in [3.8, 4) is 0 Å². The van der Waals surface area contributed by atoms with E-state index in [1.54, 1.807) is 0 Å². The SMILES string of the molecule is CCC(C)CN(CC)CCNC(C)C.